The predicted molar refractivity (Wildman–Crippen MR) is 52.2 cm³/mol. The third-order valence-corrected chi connectivity index (χ3v) is 2.47. The fraction of sp³-hybridized carbons (Fsp3) is 0.455. The van der Waals surface area contributed by atoms with Crippen molar-refractivity contribution in [2.24, 2.45) is 0 Å². The minimum Gasteiger partial charge on any atom is -0.488 e. The Hall–Kier alpha value is -1.06. The first-order valence-electron chi connectivity index (χ1n) is 4.86. The van der Waals surface area contributed by atoms with Gasteiger partial charge in [0.1, 0.15) is 12.4 Å². The van der Waals surface area contributed by atoms with Gasteiger partial charge >= 0.3 is 0 Å². The average molecular weight is 194 g/mol. The van der Waals surface area contributed by atoms with Gasteiger partial charge in [-0.15, -0.1) is 0 Å². The van der Waals surface area contributed by atoms with E-state index in [1.165, 1.54) is 17.5 Å². The molecule has 0 fully saturated rings. The number of aliphatic hydroxyl groups is 2. The summed E-state index contributed by atoms with van der Waals surface area (Å²) in [5.41, 5.74) is 2.72. The van der Waals surface area contributed by atoms with Crippen molar-refractivity contribution >= 4 is 0 Å². The van der Waals surface area contributed by atoms with Crippen molar-refractivity contribution in [2.75, 3.05) is 6.61 Å². The average Bonchev–Trinajstić information content (AvgIpc) is 2.61. The summed E-state index contributed by atoms with van der Waals surface area (Å²) < 4.78 is 5.19. The van der Waals surface area contributed by atoms with Crippen LogP contribution in [0.5, 0.6) is 5.75 Å². The van der Waals surface area contributed by atoms with E-state index in [9.17, 15) is 0 Å². The van der Waals surface area contributed by atoms with Crippen LogP contribution in [0.1, 0.15) is 17.5 Å². The number of hydrogen-bond donors (Lipinski definition) is 2. The van der Waals surface area contributed by atoms with Crippen molar-refractivity contribution in [3.8, 4) is 5.75 Å². The lowest BCUT2D eigenvalue weighted by Gasteiger charge is -2.08. The van der Waals surface area contributed by atoms with Gasteiger partial charge in [0, 0.05) is 0 Å². The molecular formula is C11H14O3. The van der Waals surface area contributed by atoms with Gasteiger partial charge in [0.15, 0.2) is 6.29 Å². The van der Waals surface area contributed by atoms with E-state index in [0.29, 0.717) is 0 Å². The van der Waals surface area contributed by atoms with Crippen LogP contribution in [0.25, 0.3) is 0 Å². The Balaban J connectivity index is 2.05. The molecule has 0 bridgehead atoms. The summed E-state index contributed by atoms with van der Waals surface area (Å²) in [6.45, 7) is -0.0706. The summed E-state index contributed by atoms with van der Waals surface area (Å²) in [6.07, 6.45) is 2.07. The molecule has 1 aliphatic rings. The van der Waals surface area contributed by atoms with Gasteiger partial charge in [0.05, 0.1) is 0 Å². The molecule has 76 valence electrons. The number of fused-ring (bicyclic) bond motifs is 1. The van der Waals surface area contributed by atoms with Crippen molar-refractivity contribution in [1.82, 2.24) is 0 Å². The quantitative estimate of drug-likeness (QED) is 0.702. The lowest BCUT2D eigenvalue weighted by molar-refractivity contribution is -0.0680. The summed E-state index contributed by atoms with van der Waals surface area (Å²) in [7, 11) is 0. The van der Waals surface area contributed by atoms with Gasteiger partial charge in [-0.2, -0.15) is 0 Å². The van der Waals surface area contributed by atoms with Crippen LogP contribution in [0.15, 0.2) is 18.2 Å². The molecule has 2 N–H and O–H groups in total. The number of ether oxygens (including phenoxy) is 1. The van der Waals surface area contributed by atoms with E-state index in [2.05, 4.69) is 6.07 Å². The molecule has 0 aliphatic heterocycles. The van der Waals surface area contributed by atoms with E-state index in [-0.39, 0.29) is 6.61 Å². The molecule has 0 radical (unpaired) electrons. The first kappa shape index (κ1) is 9.49. The van der Waals surface area contributed by atoms with Crippen molar-refractivity contribution in [3.05, 3.63) is 29.3 Å². The largest absolute Gasteiger partial charge is 0.488 e. The number of aryl methyl sites for hydroxylation is 2. The highest BCUT2D eigenvalue weighted by atomic mass is 16.5. The second kappa shape index (κ2) is 3.98. The fourth-order valence-corrected chi connectivity index (χ4v) is 1.81. The minimum atomic E-state index is -1.40. The van der Waals surface area contributed by atoms with Gasteiger partial charge in [-0.1, -0.05) is 6.07 Å². The van der Waals surface area contributed by atoms with Gasteiger partial charge in [-0.3, -0.25) is 0 Å². The molecule has 0 aromatic heterocycles. The van der Waals surface area contributed by atoms with E-state index in [4.69, 9.17) is 14.9 Å². The molecule has 2 rings (SSSR count). The minimum absolute atomic E-state index is 0.0706. The van der Waals surface area contributed by atoms with Crippen LogP contribution in [-0.4, -0.2) is 23.1 Å². The second-order valence-corrected chi connectivity index (χ2v) is 3.58. The zero-order valence-electron chi connectivity index (χ0n) is 7.94. The molecule has 0 atom stereocenters. The van der Waals surface area contributed by atoms with Crippen LogP contribution >= 0.6 is 0 Å². The number of hydrogen-bond acceptors (Lipinski definition) is 3. The van der Waals surface area contributed by atoms with Gasteiger partial charge in [0.25, 0.3) is 0 Å². The highest BCUT2D eigenvalue weighted by Crippen LogP contribution is 2.25. The summed E-state index contributed by atoms with van der Waals surface area (Å²) in [6, 6.07) is 5.93. The highest BCUT2D eigenvalue weighted by Gasteiger charge is 2.11. The summed E-state index contributed by atoms with van der Waals surface area (Å²) in [5, 5.41) is 17.3. The van der Waals surface area contributed by atoms with Crippen molar-refractivity contribution < 1.29 is 14.9 Å². The molecule has 0 amide bonds. The lowest BCUT2D eigenvalue weighted by atomic mass is 10.1. The molecule has 0 heterocycles. The molecule has 3 nitrogen and oxygen atoms in total. The normalized spacial score (nSPS) is 14.5. The van der Waals surface area contributed by atoms with Crippen LogP contribution in [0.4, 0.5) is 0 Å². The maximum absolute atomic E-state index is 8.64. The number of benzene rings is 1. The zero-order chi connectivity index (χ0) is 9.97. The molecule has 14 heavy (non-hydrogen) atoms. The summed E-state index contributed by atoms with van der Waals surface area (Å²) >= 11 is 0. The first-order chi connectivity index (χ1) is 6.75. The molecule has 0 spiro atoms. The van der Waals surface area contributed by atoms with Gasteiger partial charge < -0.3 is 14.9 Å². The van der Waals surface area contributed by atoms with E-state index in [1.807, 2.05) is 12.1 Å². The Kier molecular flexibility index (Phi) is 2.70. The van der Waals surface area contributed by atoms with Crippen LogP contribution in [0, 0.1) is 0 Å². The first-order valence-corrected chi connectivity index (χ1v) is 4.86. The predicted octanol–water partition coefficient (Wildman–Crippen LogP) is 0.865. The summed E-state index contributed by atoms with van der Waals surface area (Å²) in [4.78, 5) is 0. The molecule has 1 aliphatic carbocycles. The Morgan fingerprint density at radius 2 is 2.00 bits per heavy atom. The Bertz CT molecular complexity index is 320. The second-order valence-electron chi connectivity index (χ2n) is 3.58. The van der Waals surface area contributed by atoms with Gasteiger partial charge in [0.2, 0.25) is 0 Å². The topological polar surface area (TPSA) is 49.7 Å². The Labute approximate surface area is 83.0 Å². The third-order valence-electron chi connectivity index (χ3n) is 2.47. The molecule has 0 saturated heterocycles. The van der Waals surface area contributed by atoms with Crippen molar-refractivity contribution in [1.29, 1.82) is 0 Å². The van der Waals surface area contributed by atoms with Gasteiger partial charge in [-0.05, 0) is 42.5 Å². The SMILES string of the molecule is OC(O)COc1ccc2c(c1)CCC2. The van der Waals surface area contributed by atoms with Gasteiger partial charge in [-0.25, -0.2) is 0 Å². The van der Waals surface area contributed by atoms with Crippen molar-refractivity contribution in [3.63, 3.8) is 0 Å². The molecular weight excluding hydrogens is 180 g/mol. The van der Waals surface area contributed by atoms with E-state index in [0.717, 1.165) is 18.6 Å². The molecule has 0 unspecified atom stereocenters. The van der Waals surface area contributed by atoms with Crippen LogP contribution in [0.2, 0.25) is 0 Å². The number of aliphatic hydroxyl groups excluding tert-OH is 1. The molecule has 1 aromatic rings. The Morgan fingerprint density at radius 3 is 2.79 bits per heavy atom. The summed E-state index contributed by atoms with van der Waals surface area (Å²) in [5.74, 6) is 0.721. The van der Waals surface area contributed by atoms with E-state index in [1.54, 1.807) is 0 Å². The fourth-order valence-electron chi connectivity index (χ4n) is 1.81. The smallest absolute Gasteiger partial charge is 0.186 e. The monoisotopic (exact) mass is 194 g/mol. The van der Waals surface area contributed by atoms with Crippen molar-refractivity contribution in [2.45, 2.75) is 25.6 Å². The highest BCUT2D eigenvalue weighted by molar-refractivity contribution is 5.38. The standard InChI is InChI=1S/C11H14O3/c12-11(13)7-14-10-5-4-8-2-1-3-9(8)6-10/h4-6,11-13H,1-3,7H2. The van der Waals surface area contributed by atoms with Crippen LogP contribution in [0.3, 0.4) is 0 Å². The zero-order valence-corrected chi connectivity index (χ0v) is 7.94. The lowest BCUT2D eigenvalue weighted by Crippen LogP contribution is -2.16. The third kappa shape index (κ3) is 2.05. The molecule has 0 saturated carbocycles. The maximum atomic E-state index is 8.64. The van der Waals surface area contributed by atoms with Crippen LogP contribution < -0.4 is 4.74 Å². The Morgan fingerprint density at radius 1 is 1.21 bits per heavy atom. The number of rotatable bonds is 3. The molecule has 3 heteroatoms. The van der Waals surface area contributed by atoms with Crippen LogP contribution in [-0.2, 0) is 12.8 Å². The maximum Gasteiger partial charge on any atom is 0.186 e. The van der Waals surface area contributed by atoms with E-state index >= 15 is 0 Å². The van der Waals surface area contributed by atoms with E-state index < -0.39 is 6.29 Å². The molecule has 1 aromatic carbocycles.